The SMILES string of the molecule is C=C(O)C(F)(F)F.COc1cc(N2CCN(C)CC2)ccc1Nc1nc2ccc(-c3ccc(C(=O)NCC4CC4)cc3)cn2n1. The van der Waals surface area contributed by atoms with Crippen molar-refractivity contribution in [2.24, 2.45) is 5.92 Å². The largest absolute Gasteiger partial charge is 0.505 e. The number of halogens is 3. The van der Waals surface area contributed by atoms with E-state index in [1.807, 2.05) is 48.7 Å². The van der Waals surface area contributed by atoms with Gasteiger partial charge in [-0.15, -0.1) is 5.10 Å². The molecule has 4 aromatic rings. The monoisotopic (exact) mass is 623 g/mol. The van der Waals surface area contributed by atoms with Crippen molar-refractivity contribution in [1.82, 2.24) is 24.8 Å². The van der Waals surface area contributed by atoms with Crippen LogP contribution in [0.25, 0.3) is 16.8 Å². The van der Waals surface area contributed by atoms with E-state index in [4.69, 9.17) is 9.84 Å². The fourth-order valence-corrected chi connectivity index (χ4v) is 4.75. The molecule has 6 rings (SSSR count). The van der Waals surface area contributed by atoms with E-state index in [0.717, 1.165) is 66.6 Å². The number of hydrogen-bond acceptors (Lipinski definition) is 8. The number of rotatable bonds is 8. The van der Waals surface area contributed by atoms with Crippen LogP contribution in [0, 0.1) is 5.92 Å². The molecular weight excluding hydrogens is 587 g/mol. The number of pyridine rings is 1. The number of aliphatic hydroxyl groups is 1. The number of likely N-dealkylation sites (N-methyl/N-ethyl adjacent to an activating group) is 1. The van der Waals surface area contributed by atoms with Crippen molar-refractivity contribution in [2.45, 2.75) is 19.0 Å². The van der Waals surface area contributed by atoms with Crippen LogP contribution in [-0.2, 0) is 0 Å². The Balaban J connectivity index is 0.000000515. The Morgan fingerprint density at radius 2 is 1.71 bits per heavy atom. The van der Waals surface area contributed by atoms with E-state index in [1.165, 1.54) is 12.8 Å². The molecule has 1 aliphatic heterocycles. The number of carbonyl (C=O) groups excluding carboxylic acids is 1. The Morgan fingerprint density at radius 3 is 2.33 bits per heavy atom. The van der Waals surface area contributed by atoms with Gasteiger partial charge >= 0.3 is 6.18 Å². The molecule has 1 saturated carbocycles. The van der Waals surface area contributed by atoms with Gasteiger partial charge in [0.1, 0.15) is 5.75 Å². The second-order valence-electron chi connectivity index (χ2n) is 11.1. The molecule has 0 radical (unpaired) electrons. The first-order chi connectivity index (χ1) is 21.5. The van der Waals surface area contributed by atoms with Crippen LogP contribution < -0.4 is 20.3 Å². The summed E-state index contributed by atoms with van der Waals surface area (Å²) >= 11 is 0. The van der Waals surface area contributed by atoms with E-state index in [2.05, 4.69) is 56.3 Å². The molecule has 3 heterocycles. The van der Waals surface area contributed by atoms with Crippen molar-refractivity contribution >= 4 is 28.9 Å². The maximum Gasteiger partial charge on any atom is 0.448 e. The average Bonchev–Trinajstić information content (AvgIpc) is 3.77. The number of piperazine rings is 1. The van der Waals surface area contributed by atoms with Gasteiger partial charge in [-0.25, -0.2) is 4.52 Å². The second-order valence-corrected chi connectivity index (χ2v) is 11.1. The van der Waals surface area contributed by atoms with Crippen LogP contribution in [0.3, 0.4) is 0 Å². The normalized spacial score (nSPS) is 15.3. The van der Waals surface area contributed by atoms with Gasteiger partial charge in [0, 0.05) is 61.8 Å². The Kier molecular flexibility index (Phi) is 9.47. The maximum atomic E-state index is 12.4. The van der Waals surface area contributed by atoms with Crippen LogP contribution in [0.5, 0.6) is 5.75 Å². The number of fused-ring (bicyclic) bond motifs is 1. The molecule has 0 unspecified atom stereocenters. The van der Waals surface area contributed by atoms with Gasteiger partial charge in [-0.1, -0.05) is 18.7 Å². The van der Waals surface area contributed by atoms with Gasteiger partial charge in [-0.05, 0) is 67.8 Å². The average molecular weight is 624 g/mol. The lowest BCUT2D eigenvalue weighted by Crippen LogP contribution is -2.44. The molecule has 2 aromatic heterocycles. The van der Waals surface area contributed by atoms with Crippen molar-refractivity contribution in [3.63, 3.8) is 0 Å². The highest BCUT2D eigenvalue weighted by Gasteiger charge is 2.31. The van der Waals surface area contributed by atoms with E-state index >= 15 is 0 Å². The van der Waals surface area contributed by atoms with Crippen LogP contribution in [0.15, 0.2) is 73.1 Å². The molecule has 0 spiro atoms. The number of hydrogen-bond donors (Lipinski definition) is 3. The number of aromatic nitrogens is 3. The van der Waals surface area contributed by atoms with Crippen molar-refractivity contribution in [3.8, 4) is 16.9 Å². The van der Waals surface area contributed by atoms with Gasteiger partial charge in [-0.2, -0.15) is 18.2 Å². The number of anilines is 3. The van der Waals surface area contributed by atoms with Gasteiger partial charge in [0.15, 0.2) is 11.4 Å². The van der Waals surface area contributed by atoms with Crippen LogP contribution in [0.2, 0.25) is 0 Å². The summed E-state index contributed by atoms with van der Waals surface area (Å²) in [5.41, 5.74) is 5.39. The number of allylic oxidation sites excluding steroid dienone is 1. The molecule has 2 fully saturated rings. The number of benzene rings is 2. The number of methoxy groups -OCH3 is 1. The molecule has 1 amide bonds. The summed E-state index contributed by atoms with van der Waals surface area (Å²) in [7, 11) is 3.84. The first-order valence-corrected chi connectivity index (χ1v) is 14.6. The summed E-state index contributed by atoms with van der Waals surface area (Å²) in [6, 6.07) is 17.8. The Bertz CT molecular complexity index is 1640. The molecule has 2 aliphatic rings. The fourth-order valence-electron chi connectivity index (χ4n) is 4.75. The summed E-state index contributed by atoms with van der Waals surface area (Å²) in [5, 5.41) is 18.5. The molecule has 2 aromatic carbocycles. The summed E-state index contributed by atoms with van der Waals surface area (Å²) in [6.45, 7) is 7.13. The Hall–Kier alpha value is -4.78. The number of amides is 1. The minimum atomic E-state index is -4.64. The second kappa shape index (κ2) is 13.5. The third kappa shape index (κ3) is 8.24. The molecular formula is C32H36F3N7O3. The van der Waals surface area contributed by atoms with E-state index < -0.39 is 11.9 Å². The van der Waals surface area contributed by atoms with Gasteiger partial charge in [0.2, 0.25) is 5.95 Å². The van der Waals surface area contributed by atoms with Crippen LogP contribution in [0.1, 0.15) is 23.2 Å². The molecule has 1 aliphatic carbocycles. The number of alkyl halides is 3. The van der Waals surface area contributed by atoms with Crippen LogP contribution in [-0.4, -0.2) is 83.6 Å². The van der Waals surface area contributed by atoms with Gasteiger partial charge < -0.3 is 30.3 Å². The molecule has 0 atom stereocenters. The topological polar surface area (TPSA) is 107 Å². The third-order valence-corrected chi connectivity index (χ3v) is 7.69. The molecule has 0 bridgehead atoms. The smallest absolute Gasteiger partial charge is 0.448 e. The van der Waals surface area contributed by atoms with Crippen molar-refractivity contribution in [2.75, 3.05) is 57.1 Å². The van der Waals surface area contributed by atoms with Crippen molar-refractivity contribution in [1.29, 1.82) is 0 Å². The first-order valence-electron chi connectivity index (χ1n) is 14.6. The highest BCUT2D eigenvalue weighted by atomic mass is 19.4. The number of aliphatic hydroxyl groups excluding tert-OH is 1. The highest BCUT2D eigenvalue weighted by molar-refractivity contribution is 5.94. The number of carbonyl (C=O) groups is 1. The Morgan fingerprint density at radius 1 is 1.04 bits per heavy atom. The van der Waals surface area contributed by atoms with E-state index in [0.29, 0.717) is 17.4 Å². The molecule has 45 heavy (non-hydrogen) atoms. The lowest BCUT2D eigenvalue weighted by Gasteiger charge is -2.34. The molecule has 13 heteroatoms. The predicted molar refractivity (Wildman–Crippen MR) is 167 cm³/mol. The number of nitrogens with one attached hydrogen (secondary N) is 2. The van der Waals surface area contributed by atoms with Gasteiger partial charge in [-0.3, -0.25) is 4.79 Å². The van der Waals surface area contributed by atoms with Gasteiger partial charge in [0.05, 0.1) is 12.8 Å². The maximum absolute atomic E-state index is 12.4. The lowest BCUT2D eigenvalue weighted by atomic mass is 10.1. The third-order valence-electron chi connectivity index (χ3n) is 7.69. The number of ether oxygens (including phenoxy) is 1. The minimum Gasteiger partial charge on any atom is -0.505 e. The van der Waals surface area contributed by atoms with E-state index in [-0.39, 0.29) is 5.91 Å². The van der Waals surface area contributed by atoms with E-state index in [1.54, 1.807) is 11.6 Å². The zero-order valence-corrected chi connectivity index (χ0v) is 25.1. The highest BCUT2D eigenvalue weighted by Crippen LogP contribution is 2.32. The summed E-state index contributed by atoms with van der Waals surface area (Å²) in [5.74, 6) is 0.137. The Labute approximate surface area is 259 Å². The standard InChI is InChI=1S/C29H33N7O2.C3H3F3O/c1-34-13-15-35(16-14-34)24-10-11-25(26(17-24)38-2)31-29-32-27-12-9-23(19-36(27)33-29)21-5-7-22(8-6-21)28(37)30-18-20-3-4-20;1-2(7)3(4,5)6/h5-12,17,19-20H,3-4,13-16,18H2,1-2H3,(H,30,37)(H,31,33);7H,1H2. The van der Waals surface area contributed by atoms with Crippen LogP contribution in [0.4, 0.5) is 30.5 Å². The molecule has 3 N–H and O–H groups in total. The quantitative estimate of drug-likeness (QED) is 0.216. The minimum absolute atomic E-state index is 0.0158. The molecule has 1 saturated heterocycles. The van der Waals surface area contributed by atoms with Crippen molar-refractivity contribution in [3.05, 3.63) is 78.7 Å². The van der Waals surface area contributed by atoms with Gasteiger partial charge in [0.25, 0.3) is 5.91 Å². The summed E-state index contributed by atoms with van der Waals surface area (Å²) in [6.07, 6.45) is -0.251. The fraction of sp³-hybridized carbons (Fsp3) is 0.344. The first kappa shape index (κ1) is 31.6. The summed E-state index contributed by atoms with van der Waals surface area (Å²) in [4.78, 5) is 21.7. The molecule has 10 nitrogen and oxygen atoms in total. The van der Waals surface area contributed by atoms with Crippen molar-refractivity contribution < 1.29 is 27.8 Å². The van der Waals surface area contributed by atoms with E-state index in [9.17, 15) is 18.0 Å². The molecule has 238 valence electrons. The number of nitrogens with zero attached hydrogens (tertiary/aromatic N) is 5. The lowest BCUT2D eigenvalue weighted by molar-refractivity contribution is -0.119. The predicted octanol–water partition coefficient (Wildman–Crippen LogP) is 5.66. The van der Waals surface area contributed by atoms with Crippen LogP contribution >= 0.6 is 0 Å². The zero-order valence-electron chi connectivity index (χ0n) is 25.1. The summed E-state index contributed by atoms with van der Waals surface area (Å²) < 4.78 is 39.9. The zero-order chi connectivity index (χ0) is 32.1.